The van der Waals surface area contributed by atoms with Crippen molar-refractivity contribution in [3.05, 3.63) is 28.8 Å². The molecule has 0 bridgehead atoms. The van der Waals surface area contributed by atoms with E-state index in [1.54, 1.807) is 0 Å². The van der Waals surface area contributed by atoms with Crippen LogP contribution in [0.2, 0.25) is 5.02 Å². The average molecular weight is 240 g/mol. The summed E-state index contributed by atoms with van der Waals surface area (Å²) in [7, 11) is 0. The molecule has 0 radical (unpaired) electrons. The third kappa shape index (κ3) is 2.18. The van der Waals surface area contributed by atoms with Gasteiger partial charge in [-0.2, -0.15) is 0 Å². The van der Waals surface area contributed by atoms with Gasteiger partial charge in [-0.1, -0.05) is 25.4 Å². The zero-order valence-electron chi connectivity index (χ0n) is 9.78. The van der Waals surface area contributed by atoms with E-state index in [4.69, 9.17) is 11.6 Å². The molecular formula is C13H18ClNO. The smallest absolute Gasteiger partial charge is 0.0702 e. The molecule has 1 aliphatic rings. The number of hydrogen-bond acceptors (Lipinski definition) is 2. The number of aliphatic hydroxyl groups excluding tert-OH is 1. The predicted octanol–water partition coefficient (Wildman–Crippen LogP) is 2.92. The Kier molecular flexibility index (Phi) is 3.41. The van der Waals surface area contributed by atoms with Crippen molar-refractivity contribution in [3.63, 3.8) is 0 Å². The van der Waals surface area contributed by atoms with Gasteiger partial charge in [0.25, 0.3) is 0 Å². The second kappa shape index (κ2) is 4.64. The van der Waals surface area contributed by atoms with Gasteiger partial charge in [-0.05, 0) is 30.0 Å². The van der Waals surface area contributed by atoms with Crippen molar-refractivity contribution in [2.45, 2.75) is 20.5 Å². The van der Waals surface area contributed by atoms with Crippen molar-refractivity contribution in [2.75, 3.05) is 18.0 Å². The zero-order valence-corrected chi connectivity index (χ0v) is 10.5. The van der Waals surface area contributed by atoms with Gasteiger partial charge in [-0.15, -0.1) is 0 Å². The lowest BCUT2D eigenvalue weighted by Gasteiger charge is -2.21. The first kappa shape index (κ1) is 11.7. The van der Waals surface area contributed by atoms with Crippen LogP contribution in [0.15, 0.2) is 18.2 Å². The van der Waals surface area contributed by atoms with Crippen LogP contribution in [-0.4, -0.2) is 18.2 Å². The molecule has 0 aromatic heterocycles. The van der Waals surface area contributed by atoms with Crippen LogP contribution >= 0.6 is 11.6 Å². The second-order valence-corrected chi connectivity index (χ2v) is 5.23. The normalized spacial score (nSPS) is 25.1. The highest BCUT2D eigenvalue weighted by Crippen LogP contribution is 2.31. The third-order valence-corrected chi connectivity index (χ3v) is 3.78. The average Bonchev–Trinajstić information content (AvgIpc) is 2.59. The second-order valence-electron chi connectivity index (χ2n) is 4.79. The minimum absolute atomic E-state index is 0.0507. The van der Waals surface area contributed by atoms with Crippen molar-refractivity contribution in [1.29, 1.82) is 0 Å². The SMILES string of the molecule is CC1CN(c2ccc(Cl)cc2CO)CC1C. The quantitative estimate of drug-likeness (QED) is 0.858. The molecule has 3 heteroatoms. The van der Waals surface area contributed by atoms with Crippen molar-refractivity contribution >= 4 is 17.3 Å². The Bertz CT molecular complexity index is 370. The van der Waals surface area contributed by atoms with Gasteiger partial charge in [0.05, 0.1) is 6.61 Å². The molecule has 1 saturated heterocycles. The van der Waals surface area contributed by atoms with E-state index in [0.29, 0.717) is 16.9 Å². The third-order valence-electron chi connectivity index (χ3n) is 3.54. The zero-order chi connectivity index (χ0) is 11.7. The number of nitrogens with zero attached hydrogens (tertiary/aromatic N) is 1. The molecule has 1 aromatic carbocycles. The molecule has 1 N–H and O–H groups in total. The van der Waals surface area contributed by atoms with Gasteiger partial charge in [0.2, 0.25) is 0 Å². The van der Waals surface area contributed by atoms with Crippen molar-refractivity contribution in [3.8, 4) is 0 Å². The maximum atomic E-state index is 9.35. The molecule has 0 aliphatic carbocycles. The Balaban J connectivity index is 2.27. The van der Waals surface area contributed by atoms with Gasteiger partial charge in [0, 0.05) is 29.4 Å². The molecule has 88 valence electrons. The molecular weight excluding hydrogens is 222 g/mol. The van der Waals surface area contributed by atoms with Gasteiger partial charge < -0.3 is 10.0 Å². The van der Waals surface area contributed by atoms with Crippen molar-refractivity contribution in [2.24, 2.45) is 11.8 Å². The van der Waals surface area contributed by atoms with E-state index in [1.807, 2.05) is 18.2 Å². The number of halogens is 1. The van der Waals surface area contributed by atoms with E-state index in [-0.39, 0.29) is 6.61 Å². The minimum Gasteiger partial charge on any atom is -0.392 e. The van der Waals surface area contributed by atoms with E-state index in [9.17, 15) is 5.11 Å². The maximum absolute atomic E-state index is 9.35. The first-order valence-electron chi connectivity index (χ1n) is 5.76. The van der Waals surface area contributed by atoms with E-state index in [1.165, 1.54) is 0 Å². The van der Waals surface area contributed by atoms with Gasteiger partial charge in [-0.3, -0.25) is 0 Å². The Labute approximate surface area is 102 Å². The van der Waals surface area contributed by atoms with Crippen molar-refractivity contribution < 1.29 is 5.11 Å². The van der Waals surface area contributed by atoms with Crippen LogP contribution in [0, 0.1) is 11.8 Å². The standard InChI is InChI=1S/C13H18ClNO/c1-9-6-15(7-10(9)2)13-4-3-12(14)5-11(13)8-16/h3-5,9-10,16H,6-8H2,1-2H3. The Morgan fingerprint density at radius 3 is 2.50 bits per heavy atom. The number of aliphatic hydroxyl groups is 1. The summed E-state index contributed by atoms with van der Waals surface area (Å²) in [6, 6.07) is 5.76. The molecule has 1 aromatic rings. The maximum Gasteiger partial charge on any atom is 0.0702 e. The molecule has 0 amide bonds. The summed E-state index contributed by atoms with van der Waals surface area (Å²) in [5.74, 6) is 1.42. The molecule has 2 unspecified atom stereocenters. The van der Waals surface area contributed by atoms with Gasteiger partial charge in [0.15, 0.2) is 0 Å². The number of anilines is 1. The van der Waals surface area contributed by atoms with Crippen LogP contribution in [0.3, 0.4) is 0 Å². The van der Waals surface area contributed by atoms with Crippen LogP contribution < -0.4 is 4.90 Å². The summed E-state index contributed by atoms with van der Waals surface area (Å²) < 4.78 is 0. The highest BCUT2D eigenvalue weighted by Gasteiger charge is 2.27. The molecule has 1 fully saturated rings. The van der Waals surface area contributed by atoms with E-state index in [0.717, 1.165) is 24.3 Å². The summed E-state index contributed by atoms with van der Waals surface area (Å²) in [5.41, 5.74) is 2.05. The van der Waals surface area contributed by atoms with Crippen molar-refractivity contribution in [1.82, 2.24) is 0 Å². The molecule has 0 spiro atoms. The number of rotatable bonds is 2. The number of benzene rings is 1. The topological polar surface area (TPSA) is 23.5 Å². The van der Waals surface area contributed by atoms with Gasteiger partial charge in [-0.25, -0.2) is 0 Å². The summed E-state index contributed by atoms with van der Waals surface area (Å²) in [4.78, 5) is 2.34. The van der Waals surface area contributed by atoms with E-state index < -0.39 is 0 Å². The predicted molar refractivity (Wildman–Crippen MR) is 67.9 cm³/mol. The molecule has 2 atom stereocenters. The lowest BCUT2D eigenvalue weighted by Crippen LogP contribution is -2.21. The van der Waals surface area contributed by atoms with E-state index >= 15 is 0 Å². The lowest BCUT2D eigenvalue weighted by atomic mass is 10.0. The van der Waals surface area contributed by atoms with Crippen LogP contribution in [0.1, 0.15) is 19.4 Å². The lowest BCUT2D eigenvalue weighted by molar-refractivity contribution is 0.282. The van der Waals surface area contributed by atoms with Crippen LogP contribution in [0.4, 0.5) is 5.69 Å². The molecule has 0 saturated carbocycles. The number of hydrogen-bond donors (Lipinski definition) is 1. The first-order valence-corrected chi connectivity index (χ1v) is 6.14. The van der Waals surface area contributed by atoms with Gasteiger partial charge in [0.1, 0.15) is 0 Å². The molecule has 1 aliphatic heterocycles. The summed E-state index contributed by atoms with van der Waals surface area (Å²) in [5, 5.41) is 10.0. The summed E-state index contributed by atoms with van der Waals surface area (Å²) in [6.45, 7) is 6.74. The van der Waals surface area contributed by atoms with Crippen LogP contribution in [0.25, 0.3) is 0 Å². The highest BCUT2D eigenvalue weighted by atomic mass is 35.5. The monoisotopic (exact) mass is 239 g/mol. The Hall–Kier alpha value is -0.730. The van der Waals surface area contributed by atoms with Crippen LogP contribution in [0.5, 0.6) is 0 Å². The minimum atomic E-state index is 0.0507. The first-order chi connectivity index (χ1) is 7.61. The summed E-state index contributed by atoms with van der Waals surface area (Å²) >= 11 is 5.93. The largest absolute Gasteiger partial charge is 0.392 e. The van der Waals surface area contributed by atoms with Crippen LogP contribution in [-0.2, 0) is 6.61 Å². The van der Waals surface area contributed by atoms with E-state index in [2.05, 4.69) is 18.7 Å². The highest BCUT2D eigenvalue weighted by molar-refractivity contribution is 6.30. The molecule has 1 heterocycles. The Morgan fingerprint density at radius 2 is 1.94 bits per heavy atom. The van der Waals surface area contributed by atoms with Gasteiger partial charge >= 0.3 is 0 Å². The fourth-order valence-corrected chi connectivity index (χ4v) is 2.51. The molecule has 2 rings (SSSR count). The fourth-order valence-electron chi connectivity index (χ4n) is 2.32. The Morgan fingerprint density at radius 1 is 1.31 bits per heavy atom. The molecule has 16 heavy (non-hydrogen) atoms. The fraction of sp³-hybridized carbons (Fsp3) is 0.538. The summed E-state index contributed by atoms with van der Waals surface area (Å²) in [6.07, 6.45) is 0. The molecule has 2 nitrogen and oxygen atoms in total.